The van der Waals surface area contributed by atoms with E-state index < -0.39 is 0 Å². The number of carbonyl (C=O) groups excluding carboxylic acids is 2. The molecule has 1 aliphatic heterocycles. The number of thiocarbonyl (C=S) groups is 1. The number of amides is 2. The zero-order valence-corrected chi connectivity index (χ0v) is 15.9. The van der Waals surface area contributed by atoms with Crippen LogP contribution in [0.5, 0.6) is 0 Å². The van der Waals surface area contributed by atoms with Crippen molar-refractivity contribution >= 4 is 35.2 Å². The minimum absolute atomic E-state index is 0.0143. The van der Waals surface area contributed by atoms with E-state index in [0.29, 0.717) is 11.7 Å². The lowest BCUT2D eigenvalue weighted by Gasteiger charge is -2.32. The summed E-state index contributed by atoms with van der Waals surface area (Å²) in [6.45, 7) is 3.89. The maximum absolute atomic E-state index is 12.4. The fourth-order valence-corrected chi connectivity index (χ4v) is 3.07. The molecule has 3 N–H and O–H groups in total. The van der Waals surface area contributed by atoms with E-state index in [1.54, 1.807) is 18.2 Å². The Morgan fingerprint density at radius 3 is 2.73 bits per heavy atom. The summed E-state index contributed by atoms with van der Waals surface area (Å²) in [6, 6.07) is 7.37. The van der Waals surface area contributed by atoms with Gasteiger partial charge in [-0.1, -0.05) is 24.3 Å². The van der Waals surface area contributed by atoms with E-state index in [1.807, 2.05) is 37.3 Å². The van der Waals surface area contributed by atoms with Gasteiger partial charge < -0.3 is 15.0 Å². The average Bonchev–Trinajstić information content (AvgIpc) is 2.60. The fraction of sp³-hybridized carbons (Fsp3) is 0.389. The molecular weight excluding hydrogens is 352 g/mol. The lowest BCUT2D eigenvalue weighted by Crippen LogP contribution is -2.50. The largest absolute Gasteiger partial charge is 0.383 e. The zero-order valence-electron chi connectivity index (χ0n) is 15.1. The molecule has 1 aromatic carbocycles. The van der Waals surface area contributed by atoms with Crippen LogP contribution in [0.2, 0.25) is 0 Å². The van der Waals surface area contributed by atoms with Crippen LogP contribution in [0.1, 0.15) is 37.4 Å². The highest BCUT2D eigenvalue weighted by atomic mass is 32.1. The second-order valence-corrected chi connectivity index (χ2v) is 6.50. The number of hydrazine groups is 1. The third-order valence-corrected chi connectivity index (χ3v) is 4.18. The molecule has 2 atom stereocenters. The van der Waals surface area contributed by atoms with Crippen molar-refractivity contribution in [2.75, 3.05) is 13.7 Å². The maximum atomic E-state index is 12.4. The first kappa shape index (κ1) is 19.9. The number of rotatable bonds is 5. The molecule has 8 heteroatoms. The topological polar surface area (TPSA) is 82.7 Å². The van der Waals surface area contributed by atoms with Crippen LogP contribution < -0.4 is 16.2 Å². The standard InChI is InChI=1S/C18H24N4O3S/c1-12(11-25-3)19-18(26)21-20-17(24)10-16-15-7-5-4-6-14(15)8-9-22(16)13(2)23/h4-9,12,16H,10-11H2,1-3H3,(H,20,24)(H2,19,21,26)/t12-,16+/m1/s1. The van der Waals surface area contributed by atoms with Gasteiger partial charge in [0.15, 0.2) is 5.11 Å². The molecule has 0 saturated carbocycles. The van der Waals surface area contributed by atoms with E-state index in [1.165, 1.54) is 6.92 Å². The van der Waals surface area contributed by atoms with Gasteiger partial charge in [0, 0.05) is 26.3 Å². The quantitative estimate of drug-likeness (QED) is 0.533. The molecule has 0 spiro atoms. The van der Waals surface area contributed by atoms with E-state index >= 15 is 0 Å². The van der Waals surface area contributed by atoms with Gasteiger partial charge in [-0.3, -0.25) is 20.4 Å². The van der Waals surface area contributed by atoms with Crippen molar-refractivity contribution in [2.24, 2.45) is 0 Å². The molecule has 2 rings (SSSR count). The van der Waals surface area contributed by atoms with Crippen LogP contribution in [-0.4, -0.2) is 41.6 Å². The summed E-state index contributed by atoms with van der Waals surface area (Å²) >= 11 is 5.13. The number of benzene rings is 1. The maximum Gasteiger partial charge on any atom is 0.240 e. The molecule has 0 radical (unpaired) electrons. The zero-order chi connectivity index (χ0) is 19.1. The molecule has 0 aliphatic carbocycles. The Labute approximate surface area is 158 Å². The van der Waals surface area contributed by atoms with Crippen LogP contribution in [0.4, 0.5) is 0 Å². The monoisotopic (exact) mass is 376 g/mol. The normalized spacial score (nSPS) is 16.4. The Bertz CT molecular complexity index is 707. The van der Waals surface area contributed by atoms with Gasteiger partial charge in [0.05, 0.1) is 19.1 Å². The molecular formula is C18H24N4O3S. The fourth-order valence-electron chi connectivity index (χ4n) is 2.82. The minimum atomic E-state index is -0.357. The summed E-state index contributed by atoms with van der Waals surface area (Å²) in [5.74, 6) is -0.387. The minimum Gasteiger partial charge on any atom is -0.383 e. The van der Waals surface area contributed by atoms with Gasteiger partial charge in [0.1, 0.15) is 0 Å². The second-order valence-electron chi connectivity index (χ2n) is 6.09. The smallest absolute Gasteiger partial charge is 0.240 e. The number of carbonyl (C=O) groups is 2. The van der Waals surface area contributed by atoms with E-state index in [4.69, 9.17) is 17.0 Å². The number of ether oxygens (including phenoxy) is 1. The average molecular weight is 376 g/mol. The third-order valence-electron chi connectivity index (χ3n) is 3.96. The first-order valence-electron chi connectivity index (χ1n) is 8.32. The molecule has 140 valence electrons. The molecule has 0 saturated heterocycles. The molecule has 0 unspecified atom stereocenters. The number of hydrogen-bond donors (Lipinski definition) is 3. The van der Waals surface area contributed by atoms with Crippen LogP contribution in [0.3, 0.4) is 0 Å². The van der Waals surface area contributed by atoms with Crippen LogP contribution in [-0.2, 0) is 14.3 Å². The number of hydrogen-bond acceptors (Lipinski definition) is 4. The summed E-state index contributed by atoms with van der Waals surface area (Å²) in [6.07, 6.45) is 3.71. The van der Waals surface area contributed by atoms with Crippen molar-refractivity contribution in [1.29, 1.82) is 0 Å². The third kappa shape index (κ3) is 5.27. The van der Waals surface area contributed by atoms with Gasteiger partial charge in [-0.2, -0.15) is 0 Å². The molecule has 1 heterocycles. The van der Waals surface area contributed by atoms with E-state index in [-0.39, 0.29) is 30.3 Å². The van der Waals surface area contributed by atoms with Crippen LogP contribution in [0.15, 0.2) is 30.5 Å². The van der Waals surface area contributed by atoms with Crippen LogP contribution in [0.25, 0.3) is 6.08 Å². The molecule has 2 amide bonds. The summed E-state index contributed by atoms with van der Waals surface area (Å²) in [4.78, 5) is 25.9. The highest BCUT2D eigenvalue weighted by Gasteiger charge is 2.28. The summed E-state index contributed by atoms with van der Waals surface area (Å²) in [5.41, 5.74) is 7.19. The number of fused-ring (bicyclic) bond motifs is 1. The lowest BCUT2D eigenvalue weighted by molar-refractivity contribution is -0.130. The molecule has 1 aliphatic rings. The molecule has 1 aromatic rings. The molecule has 0 bridgehead atoms. The summed E-state index contributed by atoms with van der Waals surface area (Å²) < 4.78 is 5.02. The lowest BCUT2D eigenvalue weighted by atomic mass is 9.93. The van der Waals surface area contributed by atoms with Crippen molar-refractivity contribution in [2.45, 2.75) is 32.4 Å². The predicted molar refractivity (Wildman–Crippen MR) is 104 cm³/mol. The van der Waals surface area contributed by atoms with Crippen molar-refractivity contribution in [3.8, 4) is 0 Å². The van der Waals surface area contributed by atoms with E-state index in [2.05, 4.69) is 16.2 Å². The van der Waals surface area contributed by atoms with Crippen molar-refractivity contribution in [3.05, 3.63) is 41.6 Å². The van der Waals surface area contributed by atoms with Gasteiger partial charge in [-0.05, 0) is 36.3 Å². The van der Waals surface area contributed by atoms with E-state index in [0.717, 1.165) is 11.1 Å². The van der Waals surface area contributed by atoms with Crippen molar-refractivity contribution < 1.29 is 14.3 Å². The van der Waals surface area contributed by atoms with Crippen LogP contribution in [0, 0.1) is 0 Å². The van der Waals surface area contributed by atoms with Gasteiger partial charge in [0.25, 0.3) is 0 Å². The Balaban J connectivity index is 1.97. The highest BCUT2D eigenvalue weighted by molar-refractivity contribution is 7.80. The summed E-state index contributed by atoms with van der Waals surface area (Å²) in [5, 5.41) is 3.29. The van der Waals surface area contributed by atoms with Gasteiger partial charge in [0.2, 0.25) is 11.8 Å². The van der Waals surface area contributed by atoms with Gasteiger partial charge in [-0.25, -0.2) is 0 Å². The van der Waals surface area contributed by atoms with Crippen LogP contribution >= 0.6 is 12.2 Å². The Hall–Kier alpha value is -2.45. The SMILES string of the molecule is COC[C@@H](C)NC(=S)NNC(=O)C[C@H]1c2ccccc2C=CN1C(C)=O. The highest BCUT2D eigenvalue weighted by Crippen LogP contribution is 2.32. The van der Waals surface area contributed by atoms with Gasteiger partial charge >= 0.3 is 0 Å². The van der Waals surface area contributed by atoms with Crippen molar-refractivity contribution in [3.63, 3.8) is 0 Å². The molecule has 7 nitrogen and oxygen atoms in total. The predicted octanol–water partition coefficient (Wildman–Crippen LogP) is 1.48. The molecule has 0 fully saturated rings. The second kappa shape index (κ2) is 9.30. The number of methoxy groups -OCH3 is 1. The Morgan fingerprint density at radius 1 is 1.31 bits per heavy atom. The Morgan fingerprint density at radius 2 is 2.04 bits per heavy atom. The number of nitrogens with zero attached hydrogens (tertiary/aromatic N) is 1. The van der Waals surface area contributed by atoms with E-state index in [9.17, 15) is 9.59 Å². The first-order valence-corrected chi connectivity index (χ1v) is 8.73. The van der Waals surface area contributed by atoms with Gasteiger partial charge in [-0.15, -0.1) is 0 Å². The number of nitrogens with one attached hydrogen (secondary N) is 3. The van der Waals surface area contributed by atoms with Crippen molar-refractivity contribution in [1.82, 2.24) is 21.1 Å². The first-order chi connectivity index (χ1) is 12.4. The molecule has 0 aromatic heterocycles. The summed E-state index contributed by atoms with van der Waals surface area (Å²) in [7, 11) is 1.60. The Kier molecular flexibility index (Phi) is 7.11. The molecule has 26 heavy (non-hydrogen) atoms.